The van der Waals surface area contributed by atoms with Gasteiger partial charge in [0.15, 0.2) is 0 Å². The van der Waals surface area contributed by atoms with Gasteiger partial charge in [0.2, 0.25) is 0 Å². The van der Waals surface area contributed by atoms with Crippen molar-refractivity contribution in [2.75, 3.05) is 0 Å². The lowest BCUT2D eigenvalue weighted by molar-refractivity contribution is -0.137. The Labute approximate surface area is 197 Å². The van der Waals surface area contributed by atoms with Crippen molar-refractivity contribution in [3.63, 3.8) is 0 Å². The van der Waals surface area contributed by atoms with Crippen LogP contribution in [0.1, 0.15) is 125 Å². The minimum Gasteiger partial charge on any atom is -0.481 e. The van der Waals surface area contributed by atoms with Crippen LogP contribution in [0.3, 0.4) is 0 Å². The maximum absolute atomic E-state index is 12.2. The Balaban J connectivity index is 0.000000275. The number of Topliss-reactive ketones (excluding diaryl/α,β-unsaturated/α-hetero) is 1. The van der Waals surface area contributed by atoms with Crippen molar-refractivity contribution < 1.29 is 14.7 Å². The molecule has 0 radical (unpaired) electrons. The monoisotopic (exact) mass is 446 g/mol. The van der Waals surface area contributed by atoms with Gasteiger partial charge in [0.25, 0.3) is 0 Å². The van der Waals surface area contributed by atoms with Gasteiger partial charge in [-0.05, 0) is 105 Å². The van der Waals surface area contributed by atoms with Gasteiger partial charge in [-0.15, -0.1) is 0 Å². The number of carbonyl (C=O) groups excluding carboxylic acids is 1. The Morgan fingerprint density at radius 1 is 0.875 bits per heavy atom. The maximum atomic E-state index is 12.2. The molecule has 8 atom stereocenters. The second-order valence-corrected chi connectivity index (χ2v) is 12.5. The summed E-state index contributed by atoms with van der Waals surface area (Å²) < 4.78 is 0. The molecule has 4 aliphatic carbocycles. The first kappa shape index (κ1) is 25.8. The zero-order valence-electron chi connectivity index (χ0n) is 21.6. The van der Waals surface area contributed by atoms with Crippen LogP contribution < -0.4 is 0 Å². The molecule has 4 saturated carbocycles. The van der Waals surface area contributed by atoms with Gasteiger partial charge in [-0.3, -0.25) is 9.59 Å². The molecule has 0 aromatic rings. The van der Waals surface area contributed by atoms with Gasteiger partial charge in [-0.1, -0.05) is 53.4 Å². The number of hydrogen-bond acceptors (Lipinski definition) is 2. The van der Waals surface area contributed by atoms with Gasteiger partial charge in [-0.2, -0.15) is 0 Å². The average Bonchev–Trinajstić information content (AvgIpc) is 3.09. The van der Waals surface area contributed by atoms with Crippen LogP contribution in [0.15, 0.2) is 0 Å². The summed E-state index contributed by atoms with van der Waals surface area (Å²) in [4.78, 5) is 22.2. The molecule has 1 N–H and O–H groups in total. The molecule has 4 fully saturated rings. The van der Waals surface area contributed by atoms with E-state index in [1.54, 1.807) is 0 Å². The average molecular weight is 447 g/mol. The van der Waals surface area contributed by atoms with Crippen LogP contribution in [0.2, 0.25) is 0 Å². The fraction of sp³-hybridized carbons (Fsp3) is 0.931. The van der Waals surface area contributed by atoms with Crippen LogP contribution in [-0.2, 0) is 9.59 Å². The van der Waals surface area contributed by atoms with Crippen molar-refractivity contribution in [1.82, 2.24) is 0 Å². The highest BCUT2D eigenvalue weighted by atomic mass is 16.4. The molecule has 0 unspecified atom stereocenters. The molecule has 0 aromatic heterocycles. The van der Waals surface area contributed by atoms with E-state index in [0.717, 1.165) is 48.9 Å². The molecule has 4 rings (SSSR count). The molecule has 0 aromatic carbocycles. The Bertz CT molecular complexity index is 657. The third-order valence-corrected chi connectivity index (χ3v) is 10.7. The number of ketones is 1. The molecule has 0 bridgehead atoms. The number of unbranched alkanes of at least 4 members (excludes halogenated alkanes) is 3. The molecule has 4 aliphatic rings. The summed E-state index contributed by atoms with van der Waals surface area (Å²) in [5.41, 5.74) is 0.948. The SMILES string of the molecule is CC(=O)[C@H]1CC[C@H]2[C@@H]3CC[C@H]4C[C@@H](C)CC[C@]4(C)[C@H]3CC[C@]12C.CCCCCCC(=O)O. The lowest BCUT2D eigenvalue weighted by Crippen LogP contribution is -2.53. The predicted octanol–water partition coefficient (Wildman–Crippen LogP) is 7.91. The predicted molar refractivity (Wildman–Crippen MR) is 131 cm³/mol. The van der Waals surface area contributed by atoms with Crippen LogP contribution in [0, 0.1) is 46.3 Å². The molecule has 3 nitrogen and oxygen atoms in total. The van der Waals surface area contributed by atoms with Crippen LogP contribution in [-0.4, -0.2) is 16.9 Å². The summed E-state index contributed by atoms with van der Waals surface area (Å²) in [6.45, 7) is 11.6. The van der Waals surface area contributed by atoms with E-state index in [-0.39, 0.29) is 0 Å². The van der Waals surface area contributed by atoms with Crippen molar-refractivity contribution >= 4 is 11.8 Å². The first-order chi connectivity index (χ1) is 15.1. The van der Waals surface area contributed by atoms with Crippen molar-refractivity contribution in [2.45, 2.75) is 125 Å². The van der Waals surface area contributed by atoms with Gasteiger partial charge in [0.05, 0.1) is 0 Å². The van der Waals surface area contributed by atoms with E-state index in [9.17, 15) is 9.59 Å². The van der Waals surface area contributed by atoms with Crippen LogP contribution in [0.4, 0.5) is 0 Å². The maximum Gasteiger partial charge on any atom is 0.303 e. The molecule has 0 aliphatic heterocycles. The quantitative estimate of drug-likeness (QED) is 0.422. The molecule has 0 spiro atoms. The lowest BCUT2D eigenvalue weighted by atomic mass is 9.44. The minimum atomic E-state index is -0.675. The van der Waals surface area contributed by atoms with Crippen molar-refractivity contribution in [3.8, 4) is 0 Å². The normalized spacial score (nSPS) is 42.7. The Kier molecular flexibility index (Phi) is 8.53. The standard InChI is InChI=1S/C22H36O.C7H14O2/c1-14-9-11-21(3)16(13-14)5-6-17-19-8-7-18(15(2)23)22(19,4)12-10-20(17)21;1-2-3-4-5-6-7(8)9/h14,16-20H,5-13H2,1-4H3;2-6H2,1H3,(H,8,9)/t14-,16-,17-,18+,19-,20-,21-,22+;/m0./s1. The zero-order chi connectivity index (χ0) is 23.5. The largest absolute Gasteiger partial charge is 0.481 e. The minimum absolute atomic E-state index is 0.332. The van der Waals surface area contributed by atoms with Crippen LogP contribution >= 0.6 is 0 Å². The van der Waals surface area contributed by atoms with Crippen LogP contribution in [0.25, 0.3) is 0 Å². The number of fused-ring (bicyclic) bond motifs is 5. The Morgan fingerprint density at radius 2 is 1.56 bits per heavy atom. The van der Waals surface area contributed by atoms with Crippen molar-refractivity contribution in [3.05, 3.63) is 0 Å². The molecule has 3 heteroatoms. The number of carboxylic acid groups (broad SMARTS) is 1. The topological polar surface area (TPSA) is 54.4 Å². The summed E-state index contributed by atoms with van der Waals surface area (Å²) in [5, 5.41) is 8.21. The Morgan fingerprint density at radius 3 is 2.22 bits per heavy atom. The second-order valence-electron chi connectivity index (χ2n) is 12.5. The molecular formula is C29H50O3. The molecule has 32 heavy (non-hydrogen) atoms. The smallest absolute Gasteiger partial charge is 0.303 e. The lowest BCUT2D eigenvalue weighted by Gasteiger charge is -2.61. The van der Waals surface area contributed by atoms with E-state index in [2.05, 4.69) is 27.7 Å². The fourth-order valence-corrected chi connectivity index (χ4v) is 8.84. The fourth-order valence-electron chi connectivity index (χ4n) is 8.84. The van der Waals surface area contributed by atoms with Gasteiger partial charge in [0.1, 0.15) is 5.78 Å². The Hall–Kier alpha value is -0.860. The summed E-state index contributed by atoms with van der Waals surface area (Å²) in [7, 11) is 0. The van der Waals surface area contributed by atoms with Gasteiger partial charge < -0.3 is 5.11 Å². The molecule has 0 saturated heterocycles. The van der Waals surface area contributed by atoms with Crippen LogP contribution in [0.5, 0.6) is 0 Å². The van der Waals surface area contributed by atoms with E-state index >= 15 is 0 Å². The second kappa shape index (κ2) is 10.6. The van der Waals surface area contributed by atoms with E-state index in [4.69, 9.17) is 5.11 Å². The third kappa shape index (κ3) is 5.12. The van der Waals surface area contributed by atoms with E-state index in [1.165, 1.54) is 64.2 Å². The van der Waals surface area contributed by atoms with Crippen molar-refractivity contribution in [2.24, 2.45) is 46.3 Å². The van der Waals surface area contributed by atoms with Crippen molar-refractivity contribution in [1.29, 1.82) is 0 Å². The number of aliphatic carboxylic acids is 1. The summed E-state index contributed by atoms with van der Waals surface area (Å²) in [6.07, 6.45) is 17.1. The highest BCUT2D eigenvalue weighted by Gasteiger charge is 2.60. The molecular weight excluding hydrogens is 396 g/mol. The van der Waals surface area contributed by atoms with E-state index in [0.29, 0.717) is 29.0 Å². The van der Waals surface area contributed by atoms with E-state index < -0.39 is 5.97 Å². The number of carboxylic acids is 1. The zero-order valence-corrected chi connectivity index (χ0v) is 21.6. The highest BCUT2D eigenvalue weighted by Crippen LogP contribution is 2.67. The number of hydrogen-bond donors (Lipinski definition) is 1. The number of rotatable bonds is 6. The molecule has 0 heterocycles. The molecule has 184 valence electrons. The molecule has 0 amide bonds. The van der Waals surface area contributed by atoms with E-state index in [1.807, 2.05) is 6.92 Å². The summed E-state index contributed by atoms with van der Waals surface area (Å²) in [6, 6.07) is 0. The number of carbonyl (C=O) groups is 2. The first-order valence-electron chi connectivity index (χ1n) is 13.9. The highest BCUT2D eigenvalue weighted by molar-refractivity contribution is 5.79. The first-order valence-corrected chi connectivity index (χ1v) is 13.9. The van der Waals surface area contributed by atoms with Gasteiger partial charge >= 0.3 is 5.97 Å². The summed E-state index contributed by atoms with van der Waals surface area (Å²) >= 11 is 0. The third-order valence-electron chi connectivity index (χ3n) is 10.7. The summed E-state index contributed by atoms with van der Waals surface area (Å²) in [5.74, 6) is 4.82. The van der Waals surface area contributed by atoms with Gasteiger partial charge in [0, 0.05) is 12.3 Å². The van der Waals surface area contributed by atoms with Gasteiger partial charge in [-0.25, -0.2) is 0 Å².